The molecule has 92 valence electrons. The molecule has 0 radical (unpaired) electrons. The van der Waals surface area contributed by atoms with E-state index in [4.69, 9.17) is 9.84 Å². The van der Waals surface area contributed by atoms with E-state index >= 15 is 0 Å². The van der Waals surface area contributed by atoms with E-state index in [1.807, 2.05) is 22.2 Å². The van der Waals surface area contributed by atoms with Gasteiger partial charge in [-0.3, -0.25) is 4.40 Å². The lowest BCUT2D eigenvalue weighted by atomic mass is 10.4. The number of thiazole rings is 1. The third-order valence-corrected chi connectivity index (χ3v) is 4.00. The normalized spacial score (nSPS) is 10.9. The number of nitrogens with zero attached hydrogens (tertiary/aromatic N) is 2. The number of imidazole rings is 1. The van der Waals surface area contributed by atoms with E-state index in [-0.39, 0.29) is 11.5 Å². The number of hydrogen-bond acceptors (Lipinski definition) is 5. The van der Waals surface area contributed by atoms with Gasteiger partial charge in [0.2, 0.25) is 0 Å². The number of carbonyl (C=O) groups is 1. The molecule has 5 nitrogen and oxygen atoms in total. The molecule has 3 rings (SSSR count). The van der Waals surface area contributed by atoms with Crippen molar-refractivity contribution in [2.75, 3.05) is 0 Å². The van der Waals surface area contributed by atoms with E-state index in [1.165, 1.54) is 0 Å². The molecule has 0 amide bonds. The van der Waals surface area contributed by atoms with Gasteiger partial charge in [-0.15, -0.1) is 22.7 Å². The first-order chi connectivity index (χ1) is 8.74. The number of aromatic carboxylic acids is 1. The Bertz CT molecular complexity index is 669. The second-order valence-corrected chi connectivity index (χ2v) is 5.32. The number of fused-ring (bicyclic) bond motifs is 1. The van der Waals surface area contributed by atoms with Crippen molar-refractivity contribution in [3.63, 3.8) is 0 Å². The zero-order valence-corrected chi connectivity index (χ0v) is 10.7. The summed E-state index contributed by atoms with van der Waals surface area (Å²) in [5, 5.41) is 12.6. The molecule has 0 saturated carbocycles. The van der Waals surface area contributed by atoms with Crippen molar-refractivity contribution in [3.8, 4) is 5.75 Å². The molecule has 0 aliphatic carbocycles. The molecule has 18 heavy (non-hydrogen) atoms. The molecule has 3 aromatic heterocycles. The number of rotatable bonds is 4. The van der Waals surface area contributed by atoms with Crippen molar-refractivity contribution < 1.29 is 14.6 Å². The molecule has 0 bridgehead atoms. The van der Waals surface area contributed by atoms with Gasteiger partial charge in [0, 0.05) is 17.8 Å². The highest BCUT2D eigenvalue weighted by Crippen LogP contribution is 2.25. The lowest BCUT2D eigenvalue weighted by Crippen LogP contribution is -2.00. The van der Waals surface area contributed by atoms with Crippen LogP contribution in [0.5, 0.6) is 5.75 Å². The van der Waals surface area contributed by atoms with Gasteiger partial charge in [0.1, 0.15) is 12.4 Å². The Hall–Kier alpha value is -1.86. The van der Waals surface area contributed by atoms with Crippen LogP contribution in [0.3, 0.4) is 0 Å². The maximum atomic E-state index is 10.9. The fourth-order valence-corrected chi connectivity index (χ4v) is 2.96. The minimum atomic E-state index is -0.967. The molecular weight excluding hydrogens is 272 g/mol. The van der Waals surface area contributed by atoms with Crippen LogP contribution in [0.2, 0.25) is 0 Å². The van der Waals surface area contributed by atoms with Crippen LogP contribution >= 0.6 is 22.7 Å². The summed E-state index contributed by atoms with van der Waals surface area (Å²) >= 11 is 2.70. The Balaban J connectivity index is 1.76. The number of carboxylic acids is 1. The zero-order valence-electron chi connectivity index (χ0n) is 9.07. The third-order valence-electron chi connectivity index (χ3n) is 2.34. The van der Waals surface area contributed by atoms with Crippen molar-refractivity contribution in [3.05, 3.63) is 39.8 Å². The van der Waals surface area contributed by atoms with Crippen LogP contribution < -0.4 is 4.74 Å². The van der Waals surface area contributed by atoms with Gasteiger partial charge in [-0.2, -0.15) is 0 Å². The van der Waals surface area contributed by atoms with Gasteiger partial charge in [0.05, 0.1) is 5.69 Å². The summed E-state index contributed by atoms with van der Waals surface area (Å²) in [5.74, 6) is -0.574. The Morgan fingerprint density at radius 2 is 2.33 bits per heavy atom. The van der Waals surface area contributed by atoms with E-state index in [0.29, 0.717) is 5.75 Å². The Kier molecular flexibility index (Phi) is 2.77. The van der Waals surface area contributed by atoms with Gasteiger partial charge >= 0.3 is 5.97 Å². The SMILES string of the molecule is O=C(O)c1sccc1OCc1cn2ccsc2n1. The van der Waals surface area contributed by atoms with Crippen LogP contribution in [-0.4, -0.2) is 20.5 Å². The minimum absolute atomic E-state index is 0.219. The first-order valence-electron chi connectivity index (χ1n) is 5.08. The van der Waals surface area contributed by atoms with Crippen molar-refractivity contribution >= 4 is 33.6 Å². The monoisotopic (exact) mass is 280 g/mol. The molecule has 0 spiro atoms. The largest absolute Gasteiger partial charge is 0.485 e. The molecule has 0 fully saturated rings. The van der Waals surface area contributed by atoms with Crippen LogP contribution in [-0.2, 0) is 6.61 Å². The molecule has 7 heteroatoms. The standard InChI is InChI=1S/C11H8N2O3S2/c14-10(15)9-8(1-3-17-9)16-6-7-5-13-2-4-18-11(13)12-7/h1-5H,6H2,(H,14,15). The van der Waals surface area contributed by atoms with Crippen LogP contribution in [0.4, 0.5) is 0 Å². The molecule has 1 N–H and O–H groups in total. The summed E-state index contributed by atoms with van der Waals surface area (Å²) < 4.78 is 7.39. The van der Waals surface area contributed by atoms with Crippen LogP contribution in [0, 0.1) is 0 Å². The average Bonchev–Trinajstić information content (AvgIpc) is 3.00. The van der Waals surface area contributed by atoms with Gasteiger partial charge in [-0.1, -0.05) is 0 Å². The number of aromatic nitrogens is 2. The second-order valence-electron chi connectivity index (χ2n) is 3.53. The van der Waals surface area contributed by atoms with Gasteiger partial charge in [0.15, 0.2) is 9.84 Å². The lowest BCUT2D eigenvalue weighted by molar-refractivity contribution is 0.0697. The lowest BCUT2D eigenvalue weighted by Gasteiger charge is -2.02. The maximum Gasteiger partial charge on any atom is 0.349 e. The maximum absolute atomic E-state index is 10.9. The summed E-state index contributed by atoms with van der Waals surface area (Å²) in [6.45, 7) is 0.269. The molecule has 0 atom stereocenters. The van der Waals surface area contributed by atoms with E-state index in [9.17, 15) is 4.79 Å². The highest BCUT2D eigenvalue weighted by Gasteiger charge is 2.13. The Morgan fingerprint density at radius 1 is 1.44 bits per heavy atom. The number of carboxylic acid groups (broad SMARTS) is 1. The Labute approximate surface area is 110 Å². The third kappa shape index (κ3) is 1.98. The minimum Gasteiger partial charge on any atom is -0.485 e. The van der Waals surface area contributed by atoms with Gasteiger partial charge in [-0.25, -0.2) is 9.78 Å². The summed E-state index contributed by atoms with van der Waals surface area (Å²) in [6.07, 6.45) is 3.79. The number of ether oxygens (including phenoxy) is 1. The first kappa shape index (κ1) is 11.2. The molecular formula is C11H8N2O3S2. The van der Waals surface area contributed by atoms with E-state index < -0.39 is 5.97 Å². The van der Waals surface area contributed by atoms with Crippen LogP contribution in [0.1, 0.15) is 15.4 Å². The van der Waals surface area contributed by atoms with E-state index in [0.717, 1.165) is 22.0 Å². The Morgan fingerprint density at radius 3 is 3.11 bits per heavy atom. The molecule has 0 saturated heterocycles. The zero-order chi connectivity index (χ0) is 12.5. The average molecular weight is 280 g/mol. The molecule has 0 aliphatic rings. The van der Waals surface area contributed by atoms with Crippen molar-refractivity contribution in [2.24, 2.45) is 0 Å². The van der Waals surface area contributed by atoms with Gasteiger partial charge in [-0.05, 0) is 11.4 Å². The highest BCUT2D eigenvalue weighted by atomic mass is 32.1. The predicted octanol–water partition coefficient (Wildman–Crippen LogP) is 2.73. The molecule has 3 heterocycles. The molecule has 0 unspecified atom stereocenters. The molecule has 3 aromatic rings. The van der Waals surface area contributed by atoms with Crippen LogP contribution in [0.25, 0.3) is 4.96 Å². The van der Waals surface area contributed by atoms with Gasteiger partial charge in [0.25, 0.3) is 0 Å². The van der Waals surface area contributed by atoms with Gasteiger partial charge < -0.3 is 9.84 Å². The van der Waals surface area contributed by atoms with Crippen molar-refractivity contribution in [2.45, 2.75) is 6.61 Å². The van der Waals surface area contributed by atoms with Crippen LogP contribution in [0.15, 0.2) is 29.2 Å². The summed E-state index contributed by atoms with van der Waals surface area (Å²) in [7, 11) is 0. The highest BCUT2D eigenvalue weighted by molar-refractivity contribution is 7.15. The molecule has 0 aromatic carbocycles. The fourth-order valence-electron chi connectivity index (χ4n) is 1.56. The topological polar surface area (TPSA) is 63.8 Å². The van der Waals surface area contributed by atoms with Crippen molar-refractivity contribution in [1.82, 2.24) is 9.38 Å². The second kappa shape index (κ2) is 4.43. The fraction of sp³-hybridized carbons (Fsp3) is 0.0909. The van der Waals surface area contributed by atoms with E-state index in [1.54, 1.807) is 22.8 Å². The summed E-state index contributed by atoms with van der Waals surface area (Å²) in [5.41, 5.74) is 0.782. The predicted molar refractivity (Wildman–Crippen MR) is 68.7 cm³/mol. The summed E-state index contributed by atoms with van der Waals surface area (Å²) in [6, 6.07) is 1.66. The number of hydrogen-bond donors (Lipinski definition) is 1. The quantitative estimate of drug-likeness (QED) is 0.798. The first-order valence-corrected chi connectivity index (χ1v) is 6.84. The smallest absolute Gasteiger partial charge is 0.349 e. The summed E-state index contributed by atoms with van der Waals surface area (Å²) in [4.78, 5) is 16.4. The number of thiophene rings is 1. The van der Waals surface area contributed by atoms with E-state index in [2.05, 4.69) is 4.98 Å². The van der Waals surface area contributed by atoms with Crippen molar-refractivity contribution in [1.29, 1.82) is 0 Å². The molecule has 0 aliphatic heterocycles.